The molecule has 0 saturated heterocycles. The summed E-state index contributed by atoms with van der Waals surface area (Å²) in [6, 6.07) is 25.1. The number of hydrogen-bond acceptors (Lipinski definition) is 3. The van der Waals surface area contributed by atoms with Crippen LogP contribution in [0.4, 0.5) is 22.0 Å². The second-order valence-electron chi connectivity index (χ2n) is 9.71. The summed E-state index contributed by atoms with van der Waals surface area (Å²) in [4.78, 5) is 0. The van der Waals surface area contributed by atoms with Gasteiger partial charge in [0.25, 0.3) is 0 Å². The largest absolute Gasteiger partial charge is 0.508 e. The molecule has 0 fully saturated rings. The minimum atomic E-state index is -5.57. The van der Waals surface area contributed by atoms with Crippen molar-refractivity contribution in [2.75, 3.05) is 18.1 Å². The van der Waals surface area contributed by atoms with Gasteiger partial charge in [-0.25, -0.2) is 0 Å². The zero-order valence-electron chi connectivity index (χ0n) is 22.9. The Morgan fingerprint density at radius 3 is 2.07 bits per heavy atom. The van der Waals surface area contributed by atoms with E-state index in [1.807, 2.05) is 54.6 Å². The molecular formula is C32H35F5O3S. The van der Waals surface area contributed by atoms with Crippen molar-refractivity contribution in [2.24, 2.45) is 0 Å². The summed E-state index contributed by atoms with van der Waals surface area (Å²) in [6.07, 6.45) is -4.60. The molecule has 0 aliphatic rings. The van der Waals surface area contributed by atoms with Gasteiger partial charge in [0.2, 0.25) is 0 Å². The number of ether oxygens (including phenoxy) is 1. The highest BCUT2D eigenvalue weighted by Crippen LogP contribution is 2.39. The Labute approximate surface area is 240 Å². The Morgan fingerprint density at radius 1 is 0.780 bits per heavy atom. The zero-order valence-corrected chi connectivity index (χ0v) is 23.7. The van der Waals surface area contributed by atoms with Gasteiger partial charge in [0.15, 0.2) is 0 Å². The molecule has 0 spiro atoms. The molecule has 0 aliphatic heterocycles. The Morgan fingerprint density at radius 2 is 1.44 bits per heavy atom. The highest BCUT2D eigenvalue weighted by Gasteiger charge is 2.56. The zero-order chi connectivity index (χ0) is 29.9. The third kappa shape index (κ3) is 9.69. The van der Waals surface area contributed by atoms with Crippen molar-refractivity contribution in [1.29, 1.82) is 0 Å². The minimum absolute atomic E-state index is 0.169. The lowest BCUT2D eigenvalue weighted by molar-refractivity contribution is -0.284. The summed E-state index contributed by atoms with van der Waals surface area (Å²) in [5, 5.41) is 10.1. The second-order valence-corrected chi connectivity index (χ2v) is 11.4. The lowest BCUT2D eigenvalue weighted by Crippen LogP contribution is -2.36. The predicted octanol–water partition coefficient (Wildman–Crippen LogP) is 9.04. The van der Waals surface area contributed by atoms with Crippen LogP contribution in [0.2, 0.25) is 0 Å². The maximum Gasteiger partial charge on any atom is 0.453 e. The SMILES string of the molecule is CC/C(=C(\c1ccc(OCCCCCS(=O)CCCC(F)(F)C(F)(F)F)cc1)c1cccc(O)c1)c1ccccc1. The highest BCUT2D eigenvalue weighted by molar-refractivity contribution is 7.84. The first-order chi connectivity index (χ1) is 19.5. The van der Waals surface area contributed by atoms with E-state index < -0.39 is 35.7 Å². The number of aromatic hydroxyl groups is 1. The summed E-state index contributed by atoms with van der Waals surface area (Å²) < 4.78 is 80.3. The van der Waals surface area contributed by atoms with E-state index in [0.29, 0.717) is 31.6 Å². The topological polar surface area (TPSA) is 46.5 Å². The molecular weight excluding hydrogens is 559 g/mol. The summed E-state index contributed by atoms with van der Waals surface area (Å²) in [6.45, 7) is 2.54. The second kappa shape index (κ2) is 15.1. The molecule has 222 valence electrons. The van der Waals surface area contributed by atoms with Crippen LogP contribution in [0, 0.1) is 0 Å². The molecule has 1 atom stereocenters. The normalized spacial score (nSPS) is 13.5. The molecule has 41 heavy (non-hydrogen) atoms. The standard InChI is InChI=1S/C32H35F5O3S/c1-2-29(24-11-5-3-6-12-24)30(26-13-9-14-27(38)23-26)25-15-17-28(18-16-25)40-20-7-4-8-21-41(39)22-10-19-31(33,34)32(35,36)37/h3,5-6,9,11-18,23,38H,2,4,7-8,10,19-22H2,1H3/b30-29-. The van der Waals surface area contributed by atoms with Gasteiger partial charge in [-0.1, -0.05) is 61.5 Å². The Kier molecular flexibility index (Phi) is 11.9. The van der Waals surface area contributed by atoms with Crippen molar-refractivity contribution in [3.8, 4) is 11.5 Å². The summed E-state index contributed by atoms with van der Waals surface area (Å²) in [5.41, 5.74) is 5.17. The van der Waals surface area contributed by atoms with Crippen LogP contribution < -0.4 is 4.74 Å². The van der Waals surface area contributed by atoms with Crippen molar-refractivity contribution in [1.82, 2.24) is 0 Å². The molecule has 0 heterocycles. The van der Waals surface area contributed by atoms with Gasteiger partial charge in [-0.05, 0) is 84.2 Å². The first kappa shape index (κ1) is 32.3. The summed E-state index contributed by atoms with van der Waals surface area (Å²) >= 11 is 0. The maximum atomic E-state index is 12.9. The van der Waals surface area contributed by atoms with Crippen LogP contribution in [0.1, 0.15) is 62.1 Å². The number of benzene rings is 3. The Hall–Kier alpha value is -3.20. The number of allylic oxidation sites excluding steroid dienone is 1. The van der Waals surface area contributed by atoms with E-state index in [1.54, 1.807) is 12.1 Å². The summed E-state index contributed by atoms with van der Waals surface area (Å²) in [5.74, 6) is -3.77. The number of phenolic OH excluding ortho intramolecular Hbond substituents is 1. The predicted molar refractivity (Wildman–Crippen MR) is 155 cm³/mol. The molecule has 3 aromatic carbocycles. The molecule has 3 nitrogen and oxygen atoms in total. The molecule has 0 aliphatic carbocycles. The van der Waals surface area contributed by atoms with E-state index in [-0.39, 0.29) is 17.3 Å². The van der Waals surface area contributed by atoms with E-state index in [4.69, 9.17) is 4.74 Å². The van der Waals surface area contributed by atoms with Gasteiger partial charge in [-0.2, -0.15) is 22.0 Å². The van der Waals surface area contributed by atoms with Crippen LogP contribution in [0.25, 0.3) is 11.1 Å². The molecule has 3 aromatic rings. The van der Waals surface area contributed by atoms with E-state index in [2.05, 4.69) is 19.1 Å². The minimum Gasteiger partial charge on any atom is -0.508 e. The average Bonchev–Trinajstić information content (AvgIpc) is 2.93. The van der Waals surface area contributed by atoms with Crippen molar-refractivity contribution < 1.29 is 36.0 Å². The Bertz CT molecular complexity index is 1290. The number of rotatable bonds is 15. The lowest BCUT2D eigenvalue weighted by Gasteiger charge is -2.19. The fourth-order valence-corrected chi connectivity index (χ4v) is 5.69. The molecule has 0 bridgehead atoms. The van der Waals surface area contributed by atoms with Crippen LogP contribution in [0.5, 0.6) is 11.5 Å². The van der Waals surface area contributed by atoms with Crippen LogP contribution in [0.15, 0.2) is 78.9 Å². The van der Waals surface area contributed by atoms with Gasteiger partial charge in [-0.15, -0.1) is 0 Å². The van der Waals surface area contributed by atoms with Crippen molar-refractivity contribution in [3.05, 3.63) is 95.6 Å². The molecule has 0 aromatic heterocycles. The lowest BCUT2D eigenvalue weighted by atomic mass is 9.88. The van der Waals surface area contributed by atoms with Crippen molar-refractivity contribution in [2.45, 2.75) is 57.5 Å². The number of alkyl halides is 5. The highest BCUT2D eigenvalue weighted by atomic mass is 32.2. The van der Waals surface area contributed by atoms with Crippen molar-refractivity contribution >= 4 is 21.9 Å². The van der Waals surface area contributed by atoms with Gasteiger partial charge >= 0.3 is 12.1 Å². The molecule has 0 radical (unpaired) electrons. The third-order valence-electron chi connectivity index (χ3n) is 6.62. The van der Waals surface area contributed by atoms with Crippen LogP contribution in [-0.2, 0) is 10.8 Å². The van der Waals surface area contributed by atoms with Gasteiger partial charge in [0, 0.05) is 28.7 Å². The first-order valence-electron chi connectivity index (χ1n) is 13.6. The molecule has 3 rings (SSSR count). The molecule has 9 heteroatoms. The van der Waals surface area contributed by atoms with Crippen LogP contribution in [0.3, 0.4) is 0 Å². The number of halogens is 5. The molecule has 1 N–H and O–H groups in total. The van der Waals surface area contributed by atoms with E-state index >= 15 is 0 Å². The van der Waals surface area contributed by atoms with Gasteiger partial charge in [0.05, 0.1) is 6.61 Å². The fraction of sp³-hybridized carbons (Fsp3) is 0.375. The van der Waals surface area contributed by atoms with E-state index in [9.17, 15) is 31.3 Å². The number of unbranched alkanes of at least 4 members (excludes halogenated alkanes) is 2. The number of hydrogen-bond donors (Lipinski definition) is 1. The molecule has 0 saturated carbocycles. The average molecular weight is 595 g/mol. The van der Waals surface area contributed by atoms with E-state index in [0.717, 1.165) is 34.3 Å². The smallest absolute Gasteiger partial charge is 0.453 e. The monoisotopic (exact) mass is 594 g/mol. The van der Waals surface area contributed by atoms with Crippen LogP contribution >= 0.6 is 0 Å². The quantitative estimate of drug-likeness (QED) is 0.109. The molecule has 0 amide bonds. The molecule has 1 unspecified atom stereocenters. The van der Waals surface area contributed by atoms with Crippen LogP contribution in [-0.4, -0.2) is 39.5 Å². The van der Waals surface area contributed by atoms with E-state index in [1.165, 1.54) is 0 Å². The van der Waals surface area contributed by atoms with Crippen molar-refractivity contribution in [3.63, 3.8) is 0 Å². The Balaban J connectivity index is 1.52. The summed E-state index contributed by atoms with van der Waals surface area (Å²) in [7, 11) is -1.43. The van der Waals surface area contributed by atoms with Gasteiger partial charge in [-0.3, -0.25) is 4.21 Å². The van der Waals surface area contributed by atoms with Gasteiger partial charge in [0.1, 0.15) is 11.5 Å². The fourth-order valence-electron chi connectivity index (χ4n) is 4.49. The third-order valence-corrected chi connectivity index (χ3v) is 8.11. The maximum absolute atomic E-state index is 12.9. The number of phenols is 1. The van der Waals surface area contributed by atoms with Gasteiger partial charge < -0.3 is 9.84 Å². The first-order valence-corrected chi connectivity index (χ1v) is 15.1.